The fraction of sp³-hybridized carbons (Fsp3) is 0.118. The van der Waals surface area contributed by atoms with Crippen molar-refractivity contribution in [1.82, 2.24) is 0 Å². The van der Waals surface area contributed by atoms with Gasteiger partial charge in [-0.05, 0) is 30.7 Å². The third-order valence-corrected chi connectivity index (χ3v) is 3.97. The lowest BCUT2D eigenvalue weighted by Gasteiger charge is -2.24. The van der Waals surface area contributed by atoms with Gasteiger partial charge in [0.1, 0.15) is 0 Å². The third-order valence-electron chi connectivity index (χ3n) is 3.31. The SMILES string of the molecule is CCOC(=O)N1c2ccccc2C=C(Br)c2ccccc21. The summed E-state index contributed by atoms with van der Waals surface area (Å²) in [5.74, 6) is 0. The topological polar surface area (TPSA) is 29.5 Å². The highest BCUT2D eigenvalue weighted by Crippen LogP contribution is 2.41. The first kappa shape index (κ1) is 13.9. The number of carbonyl (C=O) groups excluding carboxylic acids is 1. The van der Waals surface area contributed by atoms with Crippen LogP contribution in [0.2, 0.25) is 0 Å². The van der Waals surface area contributed by atoms with Gasteiger partial charge in [-0.2, -0.15) is 0 Å². The molecule has 0 aromatic heterocycles. The monoisotopic (exact) mass is 343 g/mol. The first-order valence-corrected chi connectivity index (χ1v) is 7.54. The highest BCUT2D eigenvalue weighted by molar-refractivity contribution is 9.15. The molecule has 4 heteroatoms. The standard InChI is InChI=1S/C17H14BrNO2/c1-2-21-17(20)19-15-9-5-3-7-12(15)11-14(18)13-8-4-6-10-16(13)19/h3-11H,2H2,1H3. The van der Waals surface area contributed by atoms with Gasteiger partial charge in [0.05, 0.1) is 18.0 Å². The molecular weight excluding hydrogens is 330 g/mol. The molecule has 0 fully saturated rings. The molecule has 0 spiro atoms. The number of benzene rings is 2. The molecule has 0 aliphatic carbocycles. The van der Waals surface area contributed by atoms with Crippen LogP contribution in [0.5, 0.6) is 0 Å². The van der Waals surface area contributed by atoms with Gasteiger partial charge in [0, 0.05) is 10.0 Å². The second-order valence-electron chi connectivity index (χ2n) is 4.60. The molecule has 1 aliphatic heterocycles. The molecule has 21 heavy (non-hydrogen) atoms. The second kappa shape index (κ2) is 5.74. The van der Waals surface area contributed by atoms with E-state index in [0.717, 1.165) is 27.0 Å². The van der Waals surface area contributed by atoms with Crippen LogP contribution >= 0.6 is 15.9 Å². The number of anilines is 2. The fourth-order valence-corrected chi connectivity index (χ4v) is 2.99. The van der Waals surface area contributed by atoms with E-state index >= 15 is 0 Å². The Bertz CT molecular complexity index is 724. The van der Waals surface area contributed by atoms with Crippen LogP contribution in [0.15, 0.2) is 48.5 Å². The van der Waals surface area contributed by atoms with Crippen LogP contribution in [0, 0.1) is 0 Å². The molecule has 0 saturated carbocycles. The van der Waals surface area contributed by atoms with Crippen LogP contribution < -0.4 is 4.90 Å². The molecule has 0 N–H and O–H groups in total. The van der Waals surface area contributed by atoms with Crippen LogP contribution in [0.4, 0.5) is 16.2 Å². The number of fused-ring (bicyclic) bond motifs is 2. The molecule has 0 saturated heterocycles. The number of nitrogens with zero attached hydrogens (tertiary/aromatic N) is 1. The van der Waals surface area contributed by atoms with E-state index in [0.29, 0.717) is 6.61 Å². The lowest BCUT2D eigenvalue weighted by molar-refractivity contribution is 0.162. The second-order valence-corrected chi connectivity index (χ2v) is 5.46. The van der Waals surface area contributed by atoms with Crippen molar-refractivity contribution in [3.63, 3.8) is 0 Å². The molecule has 2 aromatic carbocycles. The van der Waals surface area contributed by atoms with E-state index in [1.165, 1.54) is 0 Å². The third kappa shape index (κ3) is 2.47. The van der Waals surface area contributed by atoms with Gasteiger partial charge in [0.25, 0.3) is 0 Å². The van der Waals surface area contributed by atoms with Crippen molar-refractivity contribution in [1.29, 1.82) is 0 Å². The van der Waals surface area contributed by atoms with Crippen LogP contribution in [-0.4, -0.2) is 12.7 Å². The number of rotatable bonds is 1. The van der Waals surface area contributed by atoms with Gasteiger partial charge in [-0.25, -0.2) is 9.69 Å². The average molecular weight is 344 g/mol. The zero-order valence-electron chi connectivity index (χ0n) is 11.5. The van der Waals surface area contributed by atoms with Crippen LogP contribution in [-0.2, 0) is 4.74 Å². The summed E-state index contributed by atoms with van der Waals surface area (Å²) in [7, 11) is 0. The zero-order chi connectivity index (χ0) is 14.8. The highest BCUT2D eigenvalue weighted by Gasteiger charge is 2.26. The van der Waals surface area contributed by atoms with Gasteiger partial charge in [-0.15, -0.1) is 0 Å². The molecule has 0 unspecified atom stereocenters. The van der Waals surface area contributed by atoms with Crippen molar-refractivity contribution in [2.75, 3.05) is 11.5 Å². The maximum absolute atomic E-state index is 12.4. The van der Waals surface area contributed by atoms with Crippen LogP contribution in [0.1, 0.15) is 18.1 Å². The van der Waals surface area contributed by atoms with Crippen molar-refractivity contribution in [3.05, 3.63) is 59.7 Å². The lowest BCUT2D eigenvalue weighted by atomic mass is 10.1. The predicted molar refractivity (Wildman–Crippen MR) is 88.8 cm³/mol. The minimum absolute atomic E-state index is 0.342. The zero-order valence-corrected chi connectivity index (χ0v) is 13.1. The molecule has 2 aromatic rings. The molecule has 3 nitrogen and oxygen atoms in total. The van der Waals surface area contributed by atoms with E-state index in [-0.39, 0.29) is 6.09 Å². The molecule has 106 valence electrons. The van der Waals surface area contributed by atoms with Crippen molar-refractivity contribution in [3.8, 4) is 0 Å². The normalized spacial score (nSPS) is 12.9. The molecule has 1 heterocycles. The Morgan fingerprint density at radius 3 is 2.52 bits per heavy atom. The van der Waals surface area contributed by atoms with Crippen molar-refractivity contribution in [2.24, 2.45) is 0 Å². The molecule has 1 amide bonds. The number of ether oxygens (including phenoxy) is 1. The summed E-state index contributed by atoms with van der Waals surface area (Å²) in [5.41, 5.74) is 3.55. The number of hydrogen-bond acceptors (Lipinski definition) is 2. The number of para-hydroxylation sites is 2. The van der Waals surface area contributed by atoms with E-state index in [9.17, 15) is 4.79 Å². The Morgan fingerprint density at radius 2 is 1.76 bits per heavy atom. The summed E-state index contributed by atoms with van der Waals surface area (Å²) in [6, 6.07) is 15.5. The van der Waals surface area contributed by atoms with Crippen molar-refractivity contribution >= 4 is 44.0 Å². The van der Waals surface area contributed by atoms with Gasteiger partial charge in [0.2, 0.25) is 0 Å². The number of carbonyl (C=O) groups is 1. The summed E-state index contributed by atoms with van der Waals surface area (Å²) < 4.78 is 6.18. The Kier molecular flexibility index (Phi) is 3.80. The minimum Gasteiger partial charge on any atom is -0.449 e. The van der Waals surface area contributed by atoms with Gasteiger partial charge in [0.15, 0.2) is 0 Å². The summed E-state index contributed by atoms with van der Waals surface area (Å²) in [6.45, 7) is 2.15. The van der Waals surface area contributed by atoms with E-state index in [2.05, 4.69) is 15.9 Å². The van der Waals surface area contributed by atoms with Gasteiger partial charge in [-0.3, -0.25) is 0 Å². The number of hydrogen-bond donors (Lipinski definition) is 0. The first-order valence-electron chi connectivity index (χ1n) is 6.75. The van der Waals surface area contributed by atoms with E-state index in [4.69, 9.17) is 4.74 Å². The quantitative estimate of drug-likeness (QED) is 0.713. The maximum Gasteiger partial charge on any atom is 0.418 e. The van der Waals surface area contributed by atoms with E-state index in [1.54, 1.807) is 4.90 Å². The molecule has 0 atom stereocenters. The van der Waals surface area contributed by atoms with Gasteiger partial charge >= 0.3 is 6.09 Å². The van der Waals surface area contributed by atoms with E-state index in [1.807, 2.05) is 61.5 Å². The molecular formula is C17H14BrNO2. The van der Waals surface area contributed by atoms with E-state index < -0.39 is 0 Å². The molecule has 0 bridgehead atoms. The van der Waals surface area contributed by atoms with Crippen LogP contribution in [0.3, 0.4) is 0 Å². The van der Waals surface area contributed by atoms with Crippen LogP contribution in [0.25, 0.3) is 10.6 Å². The fourth-order valence-electron chi connectivity index (χ4n) is 2.41. The summed E-state index contributed by atoms with van der Waals surface area (Å²) in [6.07, 6.45) is 1.65. The summed E-state index contributed by atoms with van der Waals surface area (Å²) >= 11 is 3.60. The number of halogens is 1. The Labute approximate surface area is 132 Å². The van der Waals surface area contributed by atoms with Gasteiger partial charge in [-0.1, -0.05) is 52.3 Å². The predicted octanol–water partition coefficient (Wildman–Crippen LogP) is 5.19. The Morgan fingerprint density at radius 1 is 1.10 bits per heavy atom. The first-order chi connectivity index (χ1) is 10.2. The average Bonchev–Trinajstić information content (AvgIpc) is 2.62. The van der Waals surface area contributed by atoms with Crippen molar-refractivity contribution < 1.29 is 9.53 Å². The largest absolute Gasteiger partial charge is 0.449 e. The summed E-state index contributed by atoms with van der Waals surface area (Å²) in [4.78, 5) is 14.1. The van der Waals surface area contributed by atoms with Crippen molar-refractivity contribution in [2.45, 2.75) is 6.92 Å². The Balaban J connectivity index is 2.26. The minimum atomic E-state index is -0.368. The molecule has 0 radical (unpaired) electrons. The summed E-state index contributed by atoms with van der Waals surface area (Å²) in [5, 5.41) is 0. The lowest BCUT2D eigenvalue weighted by Crippen LogP contribution is -2.27. The van der Waals surface area contributed by atoms with Gasteiger partial charge < -0.3 is 4.74 Å². The maximum atomic E-state index is 12.4. The number of amides is 1. The Hall–Kier alpha value is -2.07. The molecule has 3 rings (SSSR count). The molecule has 1 aliphatic rings. The smallest absolute Gasteiger partial charge is 0.418 e. The highest BCUT2D eigenvalue weighted by atomic mass is 79.9.